The summed E-state index contributed by atoms with van der Waals surface area (Å²) in [6.45, 7) is 2.15. The van der Waals surface area contributed by atoms with Gasteiger partial charge < -0.3 is 9.80 Å². The van der Waals surface area contributed by atoms with Gasteiger partial charge in [-0.15, -0.1) is 0 Å². The van der Waals surface area contributed by atoms with E-state index in [1.807, 2.05) is 6.20 Å². The van der Waals surface area contributed by atoms with E-state index in [0.29, 0.717) is 6.04 Å². The molecule has 76 valence electrons. The minimum absolute atomic E-state index is 0.650. The molecule has 1 unspecified atom stereocenters. The third-order valence-corrected chi connectivity index (χ3v) is 2.77. The molecule has 2 rings (SSSR count). The summed E-state index contributed by atoms with van der Waals surface area (Å²) in [7, 11) is 4.26. The molecule has 1 aliphatic heterocycles. The first-order valence-electron chi connectivity index (χ1n) is 4.95. The minimum atomic E-state index is 0.650. The van der Waals surface area contributed by atoms with Crippen molar-refractivity contribution in [2.75, 3.05) is 32.1 Å². The highest BCUT2D eigenvalue weighted by molar-refractivity contribution is 5.36. The number of rotatable bonds is 2. The summed E-state index contributed by atoms with van der Waals surface area (Å²) in [5.74, 6) is 0.997. The van der Waals surface area contributed by atoms with Crippen molar-refractivity contribution < 1.29 is 0 Å². The summed E-state index contributed by atoms with van der Waals surface area (Å²) in [6.07, 6.45) is 6.50. The van der Waals surface area contributed by atoms with E-state index in [4.69, 9.17) is 0 Å². The number of aromatic nitrogens is 2. The van der Waals surface area contributed by atoms with Gasteiger partial charge in [0.05, 0.1) is 6.20 Å². The van der Waals surface area contributed by atoms with Gasteiger partial charge in [-0.3, -0.25) is 4.98 Å². The number of hydrogen-bond acceptors (Lipinski definition) is 4. The number of nitrogens with zero attached hydrogens (tertiary/aromatic N) is 4. The highest BCUT2D eigenvalue weighted by Gasteiger charge is 2.24. The molecule has 1 aromatic heterocycles. The lowest BCUT2D eigenvalue weighted by Gasteiger charge is -2.20. The molecule has 4 heteroatoms. The van der Waals surface area contributed by atoms with Crippen molar-refractivity contribution in [2.24, 2.45) is 0 Å². The second-order valence-corrected chi connectivity index (χ2v) is 3.92. The molecule has 0 aliphatic carbocycles. The largest absolute Gasteiger partial charge is 0.354 e. The first kappa shape index (κ1) is 9.40. The molecule has 2 heterocycles. The van der Waals surface area contributed by atoms with Gasteiger partial charge in [-0.05, 0) is 20.5 Å². The second-order valence-electron chi connectivity index (χ2n) is 3.92. The third kappa shape index (κ3) is 1.85. The van der Waals surface area contributed by atoms with Crippen LogP contribution < -0.4 is 4.90 Å². The molecular formula is C10H16N4. The average Bonchev–Trinajstić information content (AvgIpc) is 2.68. The fourth-order valence-corrected chi connectivity index (χ4v) is 1.83. The summed E-state index contributed by atoms with van der Waals surface area (Å²) < 4.78 is 0. The zero-order valence-corrected chi connectivity index (χ0v) is 8.72. The van der Waals surface area contributed by atoms with E-state index in [9.17, 15) is 0 Å². The Morgan fingerprint density at radius 1 is 1.43 bits per heavy atom. The van der Waals surface area contributed by atoms with Gasteiger partial charge in [-0.2, -0.15) is 0 Å². The normalized spacial score (nSPS) is 21.9. The molecule has 0 spiro atoms. The van der Waals surface area contributed by atoms with E-state index < -0.39 is 0 Å². The zero-order chi connectivity index (χ0) is 9.97. The Morgan fingerprint density at radius 2 is 2.29 bits per heavy atom. The van der Waals surface area contributed by atoms with Gasteiger partial charge in [-0.1, -0.05) is 0 Å². The number of likely N-dealkylation sites (N-methyl/N-ethyl adjacent to an activating group) is 1. The molecule has 0 radical (unpaired) electrons. The molecule has 1 saturated heterocycles. The Kier molecular flexibility index (Phi) is 2.63. The van der Waals surface area contributed by atoms with Crippen LogP contribution in [0.25, 0.3) is 0 Å². The predicted molar refractivity (Wildman–Crippen MR) is 56.3 cm³/mol. The van der Waals surface area contributed by atoms with Gasteiger partial charge in [0, 0.05) is 31.5 Å². The average molecular weight is 192 g/mol. The zero-order valence-electron chi connectivity index (χ0n) is 8.72. The lowest BCUT2D eigenvalue weighted by atomic mass is 10.2. The van der Waals surface area contributed by atoms with Crippen LogP contribution in [-0.4, -0.2) is 48.1 Å². The maximum absolute atomic E-state index is 4.30. The molecule has 0 bridgehead atoms. The molecule has 1 aromatic rings. The van der Waals surface area contributed by atoms with Crippen LogP contribution in [0, 0.1) is 0 Å². The molecule has 0 amide bonds. The molecule has 14 heavy (non-hydrogen) atoms. The summed E-state index contributed by atoms with van der Waals surface area (Å²) in [4.78, 5) is 12.9. The Bertz CT molecular complexity index is 285. The van der Waals surface area contributed by atoms with Gasteiger partial charge >= 0.3 is 0 Å². The van der Waals surface area contributed by atoms with Crippen LogP contribution >= 0.6 is 0 Å². The van der Waals surface area contributed by atoms with Gasteiger partial charge in [-0.25, -0.2) is 4.98 Å². The van der Waals surface area contributed by atoms with Crippen LogP contribution in [0.5, 0.6) is 0 Å². The van der Waals surface area contributed by atoms with Crippen LogP contribution in [-0.2, 0) is 0 Å². The first-order chi connectivity index (χ1) is 6.77. The maximum Gasteiger partial charge on any atom is 0.147 e. The van der Waals surface area contributed by atoms with Crippen molar-refractivity contribution in [2.45, 2.75) is 12.5 Å². The monoisotopic (exact) mass is 192 g/mol. The van der Waals surface area contributed by atoms with Crippen molar-refractivity contribution in [3.63, 3.8) is 0 Å². The highest BCUT2D eigenvalue weighted by Crippen LogP contribution is 2.18. The molecule has 0 N–H and O–H groups in total. The van der Waals surface area contributed by atoms with Crippen molar-refractivity contribution >= 4 is 5.82 Å². The Morgan fingerprint density at radius 3 is 2.86 bits per heavy atom. The Balaban J connectivity index is 2.03. The van der Waals surface area contributed by atoms with Crippen molar-refractivity contribution in [3.8, 4) is 0 Å². The van der Waals surface area contributed by atoms with Gasteiger partial charge in [0.2, 0.25) is 0 Å². The van der Waals surface area contributed by atoms with Crippen molar-refractivity contribution in [1.29, 1.82) is 0 Å². The first-order valence-corrected chi connectivity index (χ1v) is 4.95. The van der Waals surface area contributed by atoms with Crippen LogP contribution in [0.15, 0.2) is 18.6 Å². The number of anilines is 1. The Hall–Kier alpha value is -1.16. The topological polar surface area (TPSA) is 32.3 Å². The molecule has 1 fully saturated rings. The summed E-state index contributed by atoms with van der Waals surface area (Å²) in [5, 5.41) is 0. The van der Waals surface area contributed by atoms with Crippen molar-refractivity contribution in [1.82, 2.24) is 14.9 Å². The van der Waals surface area contributed by atoms with E-state index in [0.717, 1.165) is 18.9 Å². The van der Waals surface area contributed by atoms with Gasteiger partial charge in [0.1, 0.15) is 5.82 Å². The van der Waals surface area contributed by atoms with E-state index in [-0.39, 0.29) is 0 Å². The van der Waals surface area contributed by atoms with Crippen LogP contribution in [0.4, 0.5) is 5.82 Å². The van der Waals surface area contributed by atoms with Gasteiger partial charge in [0.15, 0.2) is 0 Å². The lowest BCUT2D eigenvalue weighted by Crippen LogP contribution is -2.31. The molecule has 4 nitrogen and oxygen atoms in total. The standard InChI is InChI=1S/C10H16N4/c1-13(2)9-3-6-14(8-9)10-7-11-4-5-12-10/h4-5,7,9H,3,6,8H2,1-2H3. The quantitative estimate of drug-likeness (QED) is 0.687. The molecule has 0 aromatic carbocycles. The summed E-state index contributed by atoms with van der Waals surface area (Å²) in [5.41, 5.74) is 0. The van der Waals surface area contributed by atoms with Crippen molar-refractivity contribution in [3.05, 3.63) is 18.6 Å². The fraction of sp³-hybridized carbons (Fsp3) is 0.600. The van der Waals surface area contributed by atoms with E-state index >= 15 is 0 Å². The van der Waals surface area contributed by atoms with Gasteiger partial charge in [0.25, 0.3) is 0 Å². The van der Waals surface area contributed by atoms with Crippen LogP contribution in [0.1, 0.15) is 6.42 Å². The smallest absolute Gasteiger partial charge is 0.147 e. The molecule has 1 atom stereocenters. The highest BCUT2D eigenvalue weighted by atomic mass is 15.3. The minimum Gasteiger partial charge on any atom is -0.354 e. The fourth-order valence-electron chi connectivity index (χ4n) is 1.83. The second kappa shape index (κ2) is 3.92. The summed E-state index contributed by atoms with van der Waals surface area (Å²) >= 11 is 0. The summed E-state index contributed by atoms with van der Waals surface area (Å²) in [6, 6.07) is 0.650. The predicted octanol–water partition coefficient (Wildman–Crippen LogP) is 0.617. The molecule has 1 aliphatic rings. The molecule has 0 saturated carbocycles. The Labute approximate surface area is 84.6 Å². The van der Waals surface area contributed by atoms with E-state index in [1.165, 1.54) is 6.42 Å². The lowest BCUT2D eigenvalue weighted by molar-refractivity contribution is 0.315. The maximum atomic E-state index is 4.30. The SMILES string of the molecule is CN(C)C1CCN(c2cnccn2)C1. The number of hydrogen-bond donors (Lipinski definition) is 0. The van der Waals surface area contributed by atoms with E-state index in [1.54, 1.807) is 12.4 Å². The molecular weight excluding hydrogens is 176 g/mol. The van der Waals surface area contributed by atoms with Crippen LogP contribution in [0.3, 0.4) is 0 Å². The third-order valence-electron chi connectivity index (χ3n) is 2.77. The van der Waals surface area contributed by atoms with Crippen LogP contribution in [0.2, 0.25) is 0 Å². The van der Waals surface area contributed by atoms with E-state index in [2.05, 4.69) is 33.9 Å².